The maximum absolute atomic E-state index is 12.8. The highest BCUT2D eigenvalue weighted by Crippen LogP contribution is 2.14. The maximum atomic E-state index is 12.8. The van der Waals surface area contributed by atoms with Crippen molar-refractivity contribution in [3.63, 3.8) is 0 Å². The number of amides is 2. The van der Waals surface area contributed by atoms with Gasteiger partial charge in [-0.2, -0.15) is 0 Å². The average Bonchev–Trinajstić information content (AvgIpc) is 2.76. The minimum Gasteiger partial charge on any atom is -0.354 e. The third-order valence-corrected chi connectivity index (χ3v) is 5.11. The average molecular weight is 380 g/mol. The Balaban J connectivity index is 1.57. The van der Waals surface area contributed by atoms with Gasteiger partial charge in [0.25, 0.3) is 5.91 Å². The summed E-state index contributed by atoms with van der Waals surface area (Å²) in [5.74, 6) is -0.424. The van der Waals surface area contributed by atoms with Crippen LogP contribution in [0.2, 0.25) is 0 Å². The molecule has 0 radical (unpaired) electrons. The highest BCUT2D eigenvalue weighted by atomic mass is 16.2. The molecule has 2 aromatic carbocycles. The van der Waals surface area contributed by atoms with Crippen molar-refractivity contribution in [1.82, 2.24) is 15.5 Å². The van der Waals surface area contributed by atoms with Crippen molar-refractivity contribution in [2.24, 2.45) is 0 Å². The minimum absolute atomic E-state index is 0.172. The SMILES string of the molecule is O=C(NC(C(=O)NCCCN1CCCCC1)c1ccccc1)c1ccccc1. The Hall–Kier alpha value is -2.66. The van der Waals surface area contributed by atoms with Crippen LogP contribution in [0.5, 0.6) is 0 Å². The van der Waals surface area contributed by atoms with Gasteiger partial charge in [0.1, 0.15) is 6.04 Å². The molecule has 5 heteroatoms. The zero-order valence-electron chi connectivity index (χ0n) is 16.3. The molecule has 1 saturated heterocycles. The van der Waals surface area contributed by atoms with Crippen molar-refractivity contribution in [2.45, 2.75) is 31.7 Å². The number of nitrogens with one attached hydrogen (secondary N) is 2. The number of benzene rings is 2. The van der Waals surface area contributed by atoms with Gasteiger partial charge >= 0.3 is 0 Å². The monoisotopic (exact) mass is 379 g/mol. The number of rotatable bonds is 8. The number of hydrogen-bond donors (Lipinski definition) is 2. The zero-order valence-corrected chi connectivity index (χ0v) is 16.3. The number of piperidine rings is 1. The van der Waals surface area contributed by atoms with E-state index in [-0.39, 0.29) is 11.8 Å². The summed E-state index contributed by atoms with van der Waals surface area (Å²) in [5, 5.41) is 5.88. The van der Waals surface area contributed by atoms with Crippen LogP contribution in [0.4, 0.5) is 0 Å². The molecule has 148 valence electrons. The lowest BCUT2D eigenvalue weighted by molar-refractivity contribution is -0.123. The summed E-state index contributed by atoms with van der Waals surface area (Å²) in [6, 6.07) is 17.6. The van der Waals surface area contributed by atoms with Crippen molar-refractivity contribution >= 4 is 11.8 Å². The van der Waals surface area contributed by atoms with Crippen LogP contribution < -0.4 is 10.6 Å². The fourth-order valence-corrected chi connectivity index (χ4v) is 3.55. The fraction of sp³-hybridized carbons (Fsp3) is 0.391. The highest BCUT2D eigenvalue weighted by molar-refractivity contribution is 5.97. The van der Waals surface area contributed by atoms with Crippen molar-refractivity contribution in [3.05, 3.63) is 71.8 Å². The normalized spacial score (nSPS) is 15.6. The van der Waals surface area contributed by atoms with Gasteiger partial charge in [0.05, 0.1) is 0 Å². The van der Waals surface area contributed by atoms with E-state index in [0.29, 0.717) is 12.1 Å². The first kappa shape index (κ1) is 20.1. The molecule has 0 aliphatic carbocycles. The van der Waals surface area contributed by atoms with E-state index >= 15 is 0 Å². The molecular weight excluding hydrogens is 350 g/mol. The lowest BCUT2D eigenvalue weighted by Crippen LogP contribution is -2.41. The molecule has 1 aliphatic heterocycles. The van der Waals surface area contributed by atoms with Crippen molar-refractivity contribution in [3.8, 4) is 0 Å². The second-order valence-electron chi connectivity index (χ2n) is 7.23. The highest BCUT2D eigenvalue weighted by Gasteiger charge is 2.23. The molecule has 5 nitrogen and oxygen atoms in total. The summed E-state index contributed by atoms with van der Waals surface area (Å²) in [4.78, 5) is 27.9. The minimum atomic E-state index is -0.705. The number of hydrogen-bond acceptors (Lipinski definition) is 3. The number of carbonyl (C=O) groups excluding carboxylic acids is 2. The second kappa shape index (κ2) is 10.6. The van der Waals surface area contributed by atoms with Gasteiger partial charge in [-0.25, -0.2) is 0 Å². The van der Waals surface area contributed by atoms with Gasteiger partial charge in [-0.1, -0.05) is 55.0 Å². The molecule has 2 aromatic rings. The maximum Gasteiger partial charge on any atom is 0.252 e. The molecule has 2 amide bonds. The number of nitrogens with zero attached hydrogens (tertiary/aromatic N) is 1. The Morgan fingerprint density at radius 3 is 2.21 bits per heavy atom. The predicted molar refractivity (Wildman–Crippen MR) is 111 cm³/mol. The Morgan fingerprint density at radius 2 is 1.54 bits per heavy atom. The van der Waals surface area contributed by atoms with E-state index in [0.717, 1.165) is 31.6 Å². The van der Waals surface area contributed by atoms with Gasteiger partial charge in [-0.05, 0) is 56.6 Å². The molecule has 0 saturated carbocycles. The van der Waals surface area contributed by atoms with Crippen molar-refractivity contribution in [2.75, 3.05) is 26.2 Å². The summed E-state index contributed by atoms with van der Waals surface area (Å²) >= 11 is 0. The Kier molecular flexibility index (Phi) is 7.62. The van der Waals surface area contributed by atoms with Gasteiger partial charge in [0.2, 0.25) is 5.91 Å². The molecule has 0 bridgehead atoms. The third kappa shape index (κ3) is 5.92. The summed E-state index contributed by atoms with van der Waals surface area (Å²) < 4.78 is 0. The van der Waals surface area contributed by atoms with E-state index < -0.39 is 6.04 Å². The first-order chi connectivity index (χ1) is 13.7. The van der Waals surface area contributed by atoms with Crippen LogP contribution in [0.25, 0.3) is 0 Å². The van der Waals surface area contributed by atoms with Gasteiger partial charge in [0.15, 0.2) is 0 Å². The van der Waals surface area contributed by atoms with Crippen LogP contribution in [0.1, 0.15) is 47.6 Å². The van der Waals surface area contributed by atoms with E-state index in [2.05, 4.69) is 15.5 Å². The standard InChI is InChI=1S/C23H29N3O2/c27-22(20-13-6-2-7-14-20)25-21(19-11-4-1-5-12-19)23(28)24-15-10-18-26-16-8-3-9-17-26/h1-2,4-7,11-14,21H,3,8-10,15-18H2,(H,24,28)(H,25,27). The Morgan fingerprint density at radius 1 is 0.893 bits per heavy atom. The quantitative estimate of drug-likeness (QED) is 0.693. The van der Waals surface area contributed by atoms with Crippen molar-refractivity contribution in [1.29, 1.82) is 0 Å². The number of carbonyl (C=O) groups is 2. The molecular formula is C23H29N3O2. The molecule has 1 atom stereocenters. The second-order valence-corrected chi connectivity index (χ2v) is 7.23. The smallest absolute Gasteiger partial charge is 0.252 e. The topological polar surface area (TPSA) is 61.4 Å². The molecule has 1 fully saturated rings. The molecule has 3 rings (SSSR count). The van der Waals surface area contributed by atoms with E-state index in [4.69, 9.17) is 0 Å². The Labute approximate surface area is 167 Å². The first-order valence-corrected chi connectivity index (χ1v) is 10.1. The van der Waals surface area contributed by atoms with Gasteiger partial charge < -0.3 is 15.5 Å². The Bertz CT molecular complexity index is 743. The summed E-state index contributed by atoms with van der Waals surface area (Å²) in [6.45, 7) is 3.94. The summed E-state index contributed by atoms with van der Waals surface area (Å²) in [6.07, 6.45) is 4.79. The van der Waals surface area contributed by atoms with Crippen molar-refractivity contribution < 1.29 is 9.59 Å². The summed E-state index contributed by atoms with van der Waals surface area (Å²) in [5.41, 5.74) is 1.32. The van der Waals surface area contributed by atoms with Crippen LogP contribution >= 0.6 is 0 Å². The van der Waals surface area contributed by atoms with E-state index in [1.165, 1.54) is 19.3 Å². The molecule has 1 aliphatic rings. The number of likely N-dealkylation sites (tertiary alicyclic amines) is 1. The van der Waals surface area contributed by atoms with Crippen LogP contribution in [-0.2, 0) is 4.79 Å². The van der Waals surface area contributed by atoms with E-state index in [1.807, 2.05) is 48.5 Å². The van der Waals surface area contributed by atoms with Crippen LogP contribution in [0.3, 0.4) is 0 Å². The molecule has 28 heavy (non-hydrogen) atoms. The fourth-order valence-electron chi connectivity index (χ4n) is 3.55. The van der Waals surface area contributed by atoms with Crippen LogP contribution in [-0.4, -0.2) is 42.9 Å². The molecule has 1 unspecified atom stereocenters. The van der Waals surface area contributed by atoms with E-state index in [1.54, 1.807) is 12.1 Å². The molecule has 2 N–H and O–H groups in total. The van der Waals surface area contributed by atoms with Crippen LogP contribution in [0.15, 0.2) is 60.7 Å². The van der Waals surface area contributed by atoms with E-state index in [9.17, 15) is 9.59 Å². The molecule has 1 heterocycles. The zero-order chi connectivity index (χ0) is 19.6. The first-order valence-electron chi connectivity index (χ1n) is 10.1. The van der Waals surface area contributed by atoms with Gasteiger partial charge in [0, 0.05) is 12.1 Å². The molecule has 0 spiro atoms. The molecule has 0 aromatic heterocycles. The van der Waals surface area contributed by atoms with Gasteiger partial charge in [-0.15, -0.1) is 0 Å². The third-order valence-electron chi connectivity index (χ3n) is 5.11. The lowest BCUT2D eigenvalue weighted by Gasteiger charge is -2.26. The van der Waals surface area contributed by atoms with Crippen LogP contribution in [0, 0.1) is 0 Å². The van der Waals surface area contributed by atoms with Gasteiger partial charge in [-0.3, -0.25) is 9.59 Å². The predicted octanol–water partition coefficient (Wildman–Crippen LogP) is 3.15. The summed E-state index contributed by atoms with van der Waals surface area (Å²) in [7, 11) is 0. The lowest BCUT2D eigenvalue weighted by atomic mass is 10.1. The largest absolute Gasteiger partial charge is 0.354 e.